The summed E-state index contributed by atoms with van der Waals surface area (Å²) in [6.45, 7) is 1.82. The molecule has 0 amide bonds. The zero-order chi connectivity index (χ0) is 15.2. The van der Waals surface area contributed by atoms with Crippen LogP contribution >= 0.6 is 0 Å². The number of nitrogens with zero attached hydrogens (tertiary/aromatic N) is 1. The first-order chi connectivity index (χ1) is 10.8. The van der Waals surface area contributed by atoms with Crippen LogP contribution in [0.15, 0.2) is 60.7 Å². The number of ketones is 1. The molecule has 0 aliphatic heterocycles. The third kappa shape index (κ3) is 4.05. The predicted molar refractivity (Wildman–Crippen MR) is 89.4 cm³/mol. The minimum absolute atomic E-state index is 0.377. The molecule has 2 aromatic rings. The lowest BCUT2D eigenvalue weighted by atomic mass is 9.92. The molecule has 2 nitrogen and oxygen atoms in total. The largest absolute Gasteiger partial charge is 0.300 e. The van der Waals surface area contributed by atoms with Crippen LogP contribution in [0.1, 0.15) is 36.8 Å². The van der Waals surface area contributed by atoms with Gasteiger partial charge in [-0.3, -0.25) is 9.69 Å². The molecule has 0 saturated heterocycles. The van der Waals surface area contributed by atoms with Gasteiger partial charge in [-0.15, -0.1) is 0 Å². The van der Waals surface area contributed by atoms with Crippen molar-refractivity contribution in [2.45, 2.75) is 44.8 Å². The number of rotatable bonds is 5. The van der Waals surface area contributed by atoms with Gasteiger partial charge >= 0.3 is 0 Å². The Balaban J connectivity index is 1.76. The molecule has 1 atom stereocenters. The number of carbonyl (C=O) groups is 1. The van der Waals surface area contributed by atoms with Gasteiger partial charge in [0.15, 0.2) is 0 Å². The van der Waals surface area contributed by atoms with E-state index >= 15 is 0 Å². The van der Waals surface area contributed by atoms with E-state index in [0.717, 1.165) is 32.4 Å². The predicted octanol–water partition coefficient (Wildman–Crippen LogP) is 4.20. The van der Waals surface area contributed by atoms with E-state index in [-0.39, 0.29) is 0 Å². The summed E-state index contributed by atoms with van der Waals surface area (Å²) in [6.07, 6.45) is 3.63. The Morgan fingerprint density at radius 2 is 1.41 bits per heavy atom. The van der Waals surface area contributed by atoms with Gasteiger partial charge < -0.3 is 0 Å². The van der Waals surface area contributed by atoms with Gasteiger partial charge in [-0.2, -0.15) is 0 Å². The molecule has 1 aliphatic rings. The lowest BCUT2D eigenvalue weighted by Gasteiger charge is -2.34. The molecule has 0 spiro atoms. The third-order valence-electron chi connectivity index (χ3n) is 4.43. The van der Waals surface area contributed by atoms with Crippen LogP contribution in [-0.4, -0.2) is 16.7 Å². The molecule has 1 saturated carbocycles. The first kappa shape index (κ1) is 15.0. The highest BCUT2D eigenvalue weighted by Gasteiger charge is 2.25. The molecule has 2 aromatic carbocycles. The summed E-state index contributed by atoms with van der Waals surface area (Å²) in [4.78, 5) is 14.3. The van der Waals surface area contributed by atoms with E-state index in [4.69, 9.17) is 0 Å². The summed E-state index contributed by atoms with van der Waals surface area (Å²) in [6, 6.07) is 21.5. The van der Waals surface area contributed by atoms with E-state index in [2.05, 4.69) is 65.6 Å². The van der Waals surface area contributed by atoms with Crippen LogP contribution < -0.4 is 0 Å². The SMILES string of the molecule is O=C1CCC[C@H](N(Cc2ccccc2)Cc2ccccc2)C1. The molecule has 0 unspecified atom stereocenters. The van der Waals surface area contributed by atoms with Crippen LogP contribution in [0.3, 0.4) is 0 Å². The van der Waals surface area contributed by atoms with Crippen LogP contribution in [0.2, 0.25) is 0 Å². The van der Waals surface area contributed by atoms with Crippen molar-refractivity contribution in [1.82, 2.24) is 4.90 Å². The van der Waals surface area contributed by atoms with Gasteiger partial charge in [0.25, 0.3) is 0 Å². The fraction of sp³-hybridized carbons (Fsp3) is 0.350. The fourth-order valence-corrected chi connectivity index (χ4v) is 3.26. The van der Waals surface area contributed by atoms with E-state index in [1.165, 1.54) is 11.1 Å². The monoisotopic (exact) mass is 293 g/mol. The van der Waals surface area contributed by atoms with Gasteiger partial charge in [0, 0.05) is 32.0 Å². The minimum Gasteiger partial charge on any atom is -0.300 e. The number of carbonyl (C=O) groups excluding carboxylic acids is 1. The van der Waals surface area contributed by atoms with Crippen LogP contribution in [0.25, 0.3) is 0 Å². The average molecular weight is 293 g/mol. The van der Waals surface area contributed by atoms with Gasteiger partial charge in [0.2, 0.25) is 0 Å². The van der Waals surface area contributed by atoms with Crippen molar-refractivity contribution < 1.29 is 4.79 Å². The molecule has 0 heterocycles. The Morgan fingerprint density at radius 3 is 1.91 bits per heavy atom. The molecule has 114 valence electrons. The Kier molecular flexibility index (Phi) is 5.02. The van der Waals surface area contributed by atoms with Crippen LogP contribution in [0, 0.1) is 0 Å². The molecule has 0 radical (unpaired) electrons. The maximum absolute atomic E-state index is 11.9. The van der Waals surface area contributed by atoms with Gasteiger partial charge in [-0.25, -0.2) is 0 Å². The van der Waals surface area contributed by atoms with Gasteiger partial charge in [0.05, 0.1) is 0 Å². The summed E-state index contributed by atoms with van der Waals surface area (Å²) < 4.78 is 0. The Morgan fingerprint density at radius 1 is 0.864 bits per heavy atom. The molecule has 22 heavy (non-hydrogen) atoms. The van der Waals surface area contributed by atoms with Gasteiger partial charge in [0.1, 0.15) is 5.78 Å². The molecular weight excluding hydrogens is 270 g/mol. The highest BCUT2D eigenvalue weighted by Crippen LogP contribution is 2.24. The maximum atomic E-state index is 11.9. The van der Waals surface area contributed by atoms with E-state index < -0.39 is 0 Å². The van der Waals surface area contributed by atoms with E-state index in [0.29, 0.717) is 18.2 Å². The summed E-state index contributed by atoms with van der Waals surface area (Å²) in [5.74, 6) is 0.419. The number of Topliss-reactive ketones (excluding diaryl/α,β-unsaturated/α-hetero) is 1. The van der Waals surface area contributed by atoms with Crippen molar-refractivity contribution in [2.24, 2.45) is 0 Å². The summed E-state index contributed by atoms with van der Waals surface area (Å²) in [5.41, 5.74) is 2.63. The van der Waals surface area contributed by atoms with Crippen LogP contribution in [0.4, 0.5) is 0 Å². The highest BCUT2D eigenvalue weighted by molar-refractivity contribution is 5.79. The second kappa shape index (κ2) is 7.37. The molecular formula is C20H23NO. The first-order valence-corrected chi connectivity index (χ1v) is 8.15. The number of hydrogen-bond acceptors (Lipinski definition) is 2. The molecule has 0 bridgehead atoms. The zero-order valence-electron chi connectivity index (χ0n) is 12.9. The molecule has 0 N–H and O–H groups in total. The summed E-state index contributed by atoms with van der Waals surface area (Å²) in [5, 5.41) is 0. The van der Waals surface area contributed by atoms with Crippen molar-refractivity contribution in [3.05, 3.63) is 71.8 Å². The van der Waals surface area contributed by atoms with Crippen molar-refractivity contribution >= 4 is 5.78 Å². The average Bonchev–Trinajstić information content (AvgIpc) is 2.56. The standard InChI is InChI=1S/C20H23NO/c22-20-13-7-12-19(14-20)21(15-17-8-3-1-4-9-17)16-18-10-5-2-6-11-18/h1-6,8-11,19H,7,12-16H2/t19-/m0/s1. The molecule has 2 heteroatoms. The Labute approximate surface area is 132 Å². The molecule has 0 aromatic heterocycles. The van der Waals surface area contributed by atoms with Crippen molar-refractivity contribution in [2.75, 3.05) is 0 Å². The molecule has 3 rings (SSSR count). The maximum Gasteiger partial charge on any atom is 0.134 e. The Bertz CT molecular complexity index is 552. The fourth-order valence-electron chi connectivity index (χ4n) is 3.26. The van der Waals surface area contributed by atoms with E-state index in [1.807, 2.05) is 0 Å². The topological polar surface area (TPSA) is 20.3 Å². The quantitative estimate of drug-likeness (QED) is 0.823. The van der Waals surface area contributed by atoms with Gasteiger partial charge in [-0.1, -0.05) is 60.7 Å². The zero-order valence-corrected chi connectivity index (χ0v) is 12.9. The van der Waals surface area contributed by atoms with Crippen molar-refractivity contribution in [3.63, 3.8) is 0 Å². The van der Waals surface area contributed by atoms with Crippen molar-refractivity contribution in [1.29, 1.82) is 0 Å². The first-order valence-electron chi connectivity index (χ1n) is 8.15. The Hall–Kier alpha value is -1.93. The van der Waals surface area contributed by atoms with Crippen molar-refractivity contribution in [3.8, 4) is 0 Å². The molecule has 1 aliphatic carbocycles. The van der Waals surface area contributed by atoms with Crippen LogP contribution in [0.5, 0.6) is 0 Å². The summed E-state index contributed by atoms with van der Waals surface area (Å²) in [7, 11) is 0. The second-order valence-corrected chi connectivity index (χ2v) is 6.17. The normalized spacial score (nSPS) is 18.6. The van der Waals surface area contributed by atoms with E-state index in [1.54, 1.807) is 0 Å². The smallest absolute Gasteiger partial charge is 0.134 e. The number of benzene rings is 2. The molecule has 1 fully saturated rings. The van der Waals surface area contributed by atoms with Crippen LogP contribution in [-0.2, 0) is 17.9 Å². The minimum atomic E-state index is 0.377. The summed E-state index contributed by atoms with van der Waals surface area (Å²) >= 11 is 0. The van der Waals surface area contributed by atoms with Gasteiger partial charge in [-0.05, 0) is 24.0 Å². The lowest BCUT2D eigenvalue weighted by molar-refractivity contribution is -0.122. The van der Waals surface area contributed by atoms with E-state index in [9.17, 15) is 4.79 Å². The highest BCUT2D eigenvalue weighted by atomic mass is 16.1. The second-order valence-electron chi connectivity index (χ2n) is 6.17. The number of hydrogen-bond donors (Lipinski definition) is 0. The lowest BCUT2D eigenvalue weighted by Crippen LogP contribution is -2.38. The third-order valence-corrected chi connectivity index (χ3v) is 4.43.